The van der Waals surface area contributed by atoms with Crippen molar-refractivity contribution in [3.63, 3.8) is 0 Å². The highest BCUT2D eigenvalue weighted by molar-refractivity contribution is 7.89. The van der Waals surface area contributed by atoms with Crippen molar-refractivity contribution in [2.75, 3.05) is 11.9 Å². The third-order valence-corrected chi connectivity index (χ3v) is 5.29. The molecule has 3 aromatic rings. The number of hydrogen-bond donors (Lipinski definition) is 2. The molecule has 0 aliphatic carbocycles. The Morgan fingerprint density at radius 2 is 1.69 bits per heavy atom. The van der Waals surface area contributed by atoms with Gasteiger partial charge in [0, 0.05) is 5.69 Å². The number of aryl methyl sites for hydroxylation is 1. The van der Waals surface area contributed by atoms with E-state index < -0.39 is 28.3 Å². The monoisotopic (exact) mass is 414 g/mol. The van der Waals surface area contributed by atoms with Gasteiger partial charge in [-0.3, -0.25) is 4.79 Å². The van der Waals surface area contributed by atoms with E-state index in [2.05, 4.69) is 10.0 Å². The molecule has 0 atom stereocenters. The lowest BCUT2D eigenvalue weighted by atomic mass is 10.2. The number of benzene rings is 3. The Hall–Kier alpha value is -3.23. The first-order chi connectivity index (χ1) is 13.8. The largest absolute Gasteiger partial charge is 0.457 e. The normalized spacial score (nSPS) is 11.1. The molecule has 3 aromatic carbocycles. The predicted molar refractivity (Wildman–Crippen MR) is 108 cm³/mol. The number of rotatable bonds is 7. The van der Waals surface area contributed by atoms with Gasteiger partial charge < -0.3 is 10.1 Å². The number of anilines is 1. The Morgan fingerprint density at radius 1 is 0.966 bits per heavy atom. The summed E-state index contributed by atoms with van der Waals surface area (Å²) < 4.78 is 45.3. The van der Waals surface area contributed by atoms with E-state index in [9.17, 15) is 17.6 Å². The SMILES string of the molecule is Cc1cccc(Oc2ccc(NC(=O)CNS(=O)(=O)c3cccc(F)c3)cc2)c1. The molecule has 0 unspecified atom stereocenters. The van der Waals surface area contributed by atoms with Gasteiger partial charge in [-0.15, -0.1) is 0 Å². The zero-order valence-corrected chi connectivity index (χ0v) is 16.4. The second-order valence-corrected chi connectivity index (χ2v) is 8.04. The number of hydrogen-bond acceptors (Lipinski definition) is 4. The molecule has 0 aliphatic rings. The molecule has 8 heteroatoms. The molecule has 0 fully saturated rings. The fourth-order valence-corrected chi connectivity index (χ4v) is 3.52. The molecule has 0 spiro atoms. The van der Waals surface area contributed by atoms with E-state index in [4.69, 9.17) is 4.74 Å². The fourth-order valence-electron chi connectivity index (χ4n) is 2.50. The van der Waals surface area contributed by atoms with Crippen LogP contribution < -0.4 is 14.8 Å². The van der Waals surface area contributed by atoms with Crippen LogP contribution in [0.25, 0.3) is 0 Å². The van der Waals surface area contributed by atoms with Gasteiger partial charge in [0.25, 0.3) is 0 Å². The summed E-state index contributed by atoms with van der Waals surface area (Å²) in [5.41, 5.74) is 1.56. The lowest BCUT2D eigenvalue weighted by molar-refractivity contribution is -0.115. The number of ether oxygens (including phenoxy) is 1. The molecule has 0 aromatic heterocycles. The quantitative estimate of drug-likeness (QED) is 0.615. The van der Waals surface area contributed by atoms with Crippen LogP contribution in [-0.4, -0.2) is 20.9 Å². The molecule has 0 heterocycles. The summed E-state index contributed by atoms with van der Waals surface area (Å²) in [6.07, 6.45) is 0. The lowest BCUT2D eigenvalue weighted by Gasteiger charge is -2.09. The topological polar surface area (TPSA) is 84.5 Å². The molecule has 6 nitrogen and oxygen atoms in total. The first-order valence-corrected chi connectivity index (χ1v) is 10.2. The number of sulfonamides is 1. The molecule has 2 N–H and O–H groups in total. The van der Waals surface area contributed by atoms with Crippen molar-refractivity contribution >= 4 is 21.6 Å². The van der Waals surface area contributed by atoms with Crippen LogP contribution in [0.3, 0.4) is 0 Å². The van der Waals surface area contributed by atoms with E-state index in [1.165, 1.54) is 12.1 Å². The summed E-state index contributed by atoms with van der Waals surface area (Å²) >= 11 is 0. The van der Waals surface area contributed by atoms with Gasteiger partial charge in [-0.2, -0.15) is 0 Å². The second-order valence-electron chi connectivity index (χ2n) is 6.27. The highest BCUT2D eigenvalue weighted by Crippen LogP contribution is 2.23. The number of halogens is 1. The van der Waals surface area contributed by atoms with E-state index in [1.54, 1.807) is 24.3 Å². The summed E-state index contributed by atoms with van der Waals surface area (Å²) in [6.45, 7) is 1.48. The molecule has 0 radical (unpaired) electrons. The van der Waals surface area contributed by atoms with Crippen LogP contribution in [-0.2, 0) is 14.8 Å². The van der Waals surface area contributed by atoms with Gasteiger partial charge in [0.15, 0.2) is 0 Å². The molecular formula is C21H19FN2O4S. The van der Waals surface area contributed by atoms with Gasteiger partial charge in [0.05, 0.1) is 11.4 Å². The van der Waals surface area contributed by atoms with Gasteiger partial charge in [0.2, 0.25) is 15.9 Å². The van der Waals surface area contributed by atoms with Crippen molar-refractivity contribution < 1.29 is 22.3 Å². The van der Waals surface area contributed by atoms with Crippen LogP contribution in [0.2, 0.25) is 0 Å². The standard InChI is InChI=1S/C21H19FN2O4S/c1-15-4-2-6-19(12-15)28-18-10-8-17(9-11-18)24-21(25)14-23-29(26,27)20-7-3-5-16(22)13-20/h2-13,23H,14H2,1H3,(H,24,25). The van der Waals surface area contributed by atoms with Crippen molar-refractivity contribution in [1.29, 1.82) is 0 Å². The molecule has 0 aliphatic heterocycles. The van der Waals surface area contributed by atoms with Crippen LogP contribution in [0.1, 0.15) is 5.56 Å². The summed E-state index contributed by atoms with van der Waals surface area (Å²) in [5.74, 6) is 0.0663. The summed E-state index contributed by atoms with van der Waals surface area (Å²) in [6, 6.07) is 18.8. The van der Waals surface area contributed by atoms with E-state index in [1.807, 2.05) is 31.2 Å². The van der Waals surface area contributed by atoms with E-state index >= 15 is 0 Å². The summed E-state index contributed by atoms with van der Waals surface area (Å²) in [5, 5.41) is 2.58. The summed E-state index contributed by atoms with van der Waals surface area (Å²) in [4.78, 5) is 11.8. The molecule has 29 heavy (non-hydrogen) atoms. The second kappa shape index (κ2) is 8.85. The van der Waals surface area contributed by atoms with Crippen LogP contribution in [0, 0.1) is 12.7 Å². The minimum Gasteiger partial charge on any atom is -0.457 e. The molecule has 0 saturated heterocycles. The first kappa shape index (κ1) is 20.5. The van der Waals surface area contributed by atoms with Gasteiger partial charge in [-0.05, 0) is 67.1 Å². The van der Waals surface area contributed by atoms with Crippen molar-refractivity contribution in [1.82, 2.24) is 4.72 Å². The summed E-state index contributed by atoms with van der Waals surface area (Å²) in [7, 11) is -3.99. The molecule has 0 saturated carbocycles. The van der Waals surface area contributed by atoms with Crippen LogP contribution >= 0.6 is 0 Å². The average Bonchev–Trinajstić information content (AvgIpc) is 2.68. The number of carbonyl (C=O) groups excluding carboxylic acids is 1. The number of nitrogens with one attached hydrogen (secondary N) is 2. The highest BCUT2D eigenvalue weighted by atomic mass is 32.2. The van der Waals surface area contributed by atoms with E-state index in [0.717, 1.165) is 17.7 Å². The zero-order valence-electron chi connectivity index (χ0n) is 15.6. The average molecular weight is 414 g/mol. The third-order valence-electron chi connectivity index (χ3n) is 3.89. The van der Waals surface area contributed by atoms with E-state index in [-0.39, 0.29) is 4.90 Å². The smallest absolute Gasteiger partial charge is 0.241 e. The Kier molecular flexibility index (Phi) is 6.26. The Bertz CT molecular complexity index is 1120. The molecule has 150 valence electrons. The maximum atomic E-state index is 13.2. The van der Waals surface area contributed by atoms with Crippen molar-refractivity contribution in [3.05, 3.63) is 84.2 Å². The number of carbonyl (C=O) groups is 1. The Labute approximate surface area is 168 Å². The van der Waals surface area contributed by atoms with Crippen molar-refractivity contribution in [2.45, 2.75) is 11.8 Å². The van der Waals surface area contributed by atoms with E-state index in [0.29, 0.717) is 17.2 Å². The maximum absolute atomic E-state index is 13.2. The van der Waals surface area contributed by atoms with Crippen LogP contribution in [0.15, 0.2) is 77.7 Å². The van der Waals surface area contributed by atoms with Gasteiger partial charge >= 0.3 is 0 Å². The zero-order chi connectivity index (χ0) is 20.9. The molecular weight excluding hydrogens is 395 g/mol. The Balaban J connectivity index is 1.55. The third kappa shape index (κ3) is 5.87. The van der Waals surface area contributed by atoms with Gasteiger partial charge in [-0.25, -0.2) is 17.5 Å². The van der Waals surface area contributed by atoms with Gasteiger partial charge in [-0.1, -0.05) is 18.2 Å². The van der Waals surface area contributed by atoms with Crippen molar-refractivity contribution in [3.8, 4) is 11.5 Å². The maximum Gasteiger partial charge on any atom is 0.241 e. The minimum atomic E-state index is -3.99. The first-order valence-electron chi connectivity index (χ1n) is 8.71. The van der Waals surface area contributed by atoms with Crippen LogP contribution in [0.4, 0.5) is 10.1 Å². The fraction of sp³-hybridized carbons (Fsp3) is 0.0952. The highest BCUT2D eigenvalue weighted by Gasteiger charge is 2.16. The molecule has 3 rings (SSSR count). The minimum absolute atomic E-state index is 0.247. The predicted octanol–water partition coefficient (Wildman–Crippen LogP) is 3.84. The Morgan fingerprint density at radius 3 is 2.38 bits per heavy atom. The lowest BCUT2D eigenvalue weighted by Crippen LogP contribution is -2.32. The van der Waals surface area contributed by atoms with Crippen LogP contribution in [0.5, 0.6) is 11.5 Å². The number of amides is 1. The van der Waals surface area contributed by atoms with Gasteiger partial charge in [0.1, 0.15) is 17.3 Å². The molecule has 0 bridgehead atoms. The van der Waals surface area contributed by atoms with Crippen molar-refractivity contribution in [2.24, 2.45) is 0 Å². The molecule has 1 amide bonds.